The molecule has 6 heteroatoms. The van der Waals surface area contributed by atoms with E-state index in [1.54, 1.807) is 24.3 Å². The molecule has 0 bridgehead atoms. The molecule has 0 aliphatic rings. The Hall–Kier alpha value is -4.38. The molecular formula is C41H34Cl2F2N2. The van der Waals surface area contributed by atoms with Crippen LogP contribution in [0, 0.1) is 39.3 Å². The van der Waals surface area contributed by atoms with Crippen molar-refractivity contribution in [3.63, 3.8) is 0 Å². The van der Waals surface area contributed by atoms with E-state index in [-0.39, 0.29) is 0 Å². The van der Waals surface area contributed by atoms with Gasteiger partial charge in [-0.2, -0.15) is 0 Å². The zero-order valence-corrected chi connectivity index (χ0v) is 28.7. The molecule has 0 atom stereocenters. The molecule has 2 nitrogen and oxygen atoms in total. The Morgan fingerprint density at radius 2 is 0.872 bits per heavy atom. The zero-order chi connectivity index (χ0) is 33.6. The largest absolute Gasteiger partial charge is 0.252 e. The lowest BCUT2D eigenvalue weighted by molar-refractivity contribution is 0.595. The van der Waals surface area contributed by atoms with Crippen molar-refractivity contribution in [1.82, 2.24) is 9.97 Å². The topological polar surface area (TPSA) is 25.8 Å². The zero-order valence-electron chi connectivity index (χ0n) is 27.1. The molecular weight excluding hydrogens is 629 g/mol. The molecule has 2 heterocycles. The molecule has 4 aromatic carbocycles. The van der Waals surface area contributed by atoms with Gasteiger partial charge >= 0.3 is 0 Å². The third kappa shape index (κ3) is 6.33. The second-order valence-electron chi connectivity index (χ2n) is 12.7. The Balaban J connectivity index is 1.63. The number of halogens is 4. The fraction of sp³-hybridized carbons (Fsp3) is 0.171. The summed E-state index contributed by atoms with van der Waals surface area (Å²) < 4.78 is 30.8. The monoisotopic (exact) mass is 662 g/mol. The molecule has 0 radical (unpaired) electrons. The minimum absolute atomic E-state index is 0.312. The van der Waals surface area contributed by atoms with Gasteiger partial charge in [0.25, 0.3) is 0 Å². The summed E-state index contributed by atoms with van der Waals surface area (Å²) in [6.45, 7) is 12.4. The number of hydrogen-bond donors (Lipinski definition) is 0. The first-order valence-electron chi connectivity index (χ1n) is 15.4. The summed E-state index contributed by atoms with van der Waals surface area (Å²) in [6.07, 6.45) is 0. The number of rotatable bonds is 6. The lowest BCUT2D eigenvalue weighted by Crippen LogP contribution is -2.23. The van der Waals surface area contributed by atoms with Gasteiger partial charge in [0.1, 0.15) is 11.6 Å². The molecule has 0 spiro atoms. The number of aromatic nitrogens is 2. The maximum absolute atomic E-state index is 15.4. The van der Waals surface area contributed by atoms with Gasteiger partial charge in [0, 0.05) is 26.6 Å². The van der Waals surface area contributed by atoms with Crippen LogP contribution in [0.1, 0.15) is 47.5 Å². The van der Waals surface area contributed by atoms with Gasteiger partial charge in [-0.25, -0.2) is 8.78 Å². The summed E-state index contributed by atoms with van der Waals surface area (Å²) in [4.78, 5) is 10.2. The van der Waals surface area contributed by atoms with Crippen molar-refractivity contribution in [3.8, 4) is 44.8 Å². The Kier molecular flexibility index (Phi) is 8.78. The maximum Gasteiger partial charge on any atom is 0.134 e. The van der Waals surface area contributed by atoms with Crippen LogP contribution in [0.5, 0.6) is 0 Å². The van der Waals surface area contributed by atoms with E-state index in [4.69, 9.17) is 33.2 Å². The van der Waals surface area contributed by atoms with Crippen molar-refractivity contribution in [2.45, 2.75) is 47.0 Å². The van der Waals surface area contributed by atoms with Gasteiger partial charge < -0.3 is 0 Å². The number of aryl methyl sites for hydroxylation is 4. The van der Waals surface area contributed by atoms with Gasteiger partial charge in [-0.1, -0.05) is 59.6 Å². The van der Waals surface area contributed by atoms with Gasteiger partial charge in [-0.05, 0) is 147 Å². The van der Waals surface area contributed by atoms with Gasteiger partial charge in [0.05, 0.1) is 22.8 Å². The Labute approximate surface area is 285 Å². The smallest absolute Gasteiger partial charge is 0.134 e. The first-order chi connectivity index (χ1) is 22.3. The van der Waals surface area contributed by atoms with Gasteiger partial charge in [-0.15, -0.1) is 0 Å². The molecule has 6 rings (SSSR count). The average molecular weight is 664 g/mol. The number of benzene rings is 4. The van der Waals surface area contributed by atoms with E-state index < -0.39 is 17.0 Å². The van der Waals surface area contributed by atoms with Crippen molar-refractivity contribution >= 4 is 23.2 Å². The van der Waals surface area contributed by atoms with E-state index in [0.29, 0.717) is 43.9 Å². The molecule has 0 aliphatic carbocycles. The summed E-state index contributed by atoms with van der Waals surface area (Å²) in [5.74, 6) is -0.911. The highest BCUT2D eigenvalue weighted by atomic mass is 35.5. The van der Waals surface area contributed by atoms with Crippen molar-refractivity contribution in [1.29, 1.82) is 0 Å². The fourth-order valence-corrected chi connectivity index (χ4v) is 6.65. The first-order valence-corrected chi connectivity index (χ1v) is 16.2. The standard InChI is InChI=1S/C41H34Cl2F2N2/c1-23-9-7-10-24(2)39(23)27-17-35(31-15-13-29(42)21-33(31)44)46-37(19-27)41(5,6)38-20-28(40-25(3)11-8-12-26(40)4)18-36(47-38)32-16-14-30(43)22-34(32)45/h7-22H,1-6H3. The molecule has 0 saturated heterocycles. The summed E-state index contributed by atoms with van der Waals surface area (Å²) >= 11 is 12.3. The van der Waals surface area contributed by atoms with E-state index in [2.05, 4.69) is 64.1 Å². The normalized spacial score (nSPS) is 11.6. The number of pyridine rings is 2. The predicted molar refractivity (Wildman–Crippen MR) is 191 cm³/mol. The van der Waals surface area contributed by atoms with Crippen LogP contribution < -0.4 is 0 Å². The summed E-state index contributed by atoms with van der Waals surface area (Å²) in [6, 6.07) is 29.6. The van der Waals surface area contributed by atoms with Crippen LogP contribution in [-0.2, 0) is 5.41 Å². The third-order valence-corrected chi connectivity index (χ3v) is 9.36. The van der Waals surface area contributed by atoms with Crippen molar-refractivity contribution in [2.75, 3.05) is 0 Å². The summed E-state index contributed by atoms with van der Waals surface area (Å²) in [7, 11) is 0. The van der Waals surface area contributed by atoms with E-state index >= 15 is 8.78 Å². The van der Waals surface area contributed by atoms with Crippen LogP contribution in [0.15, 0.2) is 97.1 Å². The fourth-order valence-electron chi connectivity index (χ4n) is 6.33. The van der Waals surface area contributed by atoms with E-state index in [1.165, 1.54) is 12.1 Å². The highest BCUT2D eigenvalue weighted by Crippen LogP contribution is 2.40. The predicted octanol–water partition coefficient (Wildman–Crippen LogP) is 12.3. The van der Waals surface area contributed by atoms with Crippen LogP contribution >= 0.6 is 23.2 Å². The quantitative estimate of drug-likeness (QED) is 0.177. The number of nitrogens with zero attached hydrogens (tertiary/aromatic N) is 2. The molecule has 0 unspecified atom stereocenters. The Morgan fingerprint density at radius 3 is 1.21 bits per heavy atom. The van der Waals surface area contributed by atoms with Crippen molar-refractivity contribution in [3.05, 3.63) is 152 Å². The second-order valence-corrected chi connectivity index (χ2v) is 13.5. The highest BCUT2D eigenvalue weighted by molar-refractivity contribution is 6.31. The lowest BCUT2D eigenvalue weighted by atomic mass is 9.81. The van der Waals surface area contributed by atoms with Crippen LogP contribution in [-0.4, -0.2) is 9.97 Å². The minimum atomic E-state index is -0.797. The Morgan fingerprint density at radius 1 is 0.511 bits per heavy atom. The molecule has 0 fully saturated rings. The molecule has 47 heavy (non-hydrogen) atoms. The van der Waals surface area contributed by atoms with Crippen molar-refractivity contribution in [2.24, 2.45) is 0 Å². The van der Waals surface area contributed by atoms with E-state index in [0.717, 1.165) is 44.5 Å². The lowest BCUT2D eigenvalue weighted by Gasteiger charge is -2.27. The first kappa shape index (κ1) is 32.6. The highest BCUT2D eigenvalue weighted by Gasteiger charge is 2.30. The molecule has 6 aromatic rings. The van der Waals surface area contributed by atoms with Gasteiger partial charge in [0.15, 0.2) is 0 Å². The van der Waals surface area contributed by atoms with Crippen LogP contribution in [0.4, 0.5) is 8.78 Å². The molecule has 2 aromatic heterocycles. The average Bonchev–Trinajstić information content (AvgIpc) is 3.00. The van der Waals surface area contributed by atoms with E-state index in [9.17, 15) is 0 Å². The summed E-state index contributed by atoms with van der Waals surface area (Å²) in [5, 5.41) is 0.624. The SMILES string of the molecule is Cc1cccc(C)c1-c1cc(-c2ccc(Cl)cc2F)nc(C(C)(C)c2cc(-c3c(C)cccc3C)cc(-c3ccc(Cl)cc3F)n2)c1. The molecule has 0 saturated carbocycles. The van der Waals surface area contributed by atoms with Gasteiger partial charge in [0.2, 0.25) is 0 Å². The van der Waals surface area contributed by atoms with Gasteiger partial charge in [-0.3, -0.25) is 9.97 Å². The molecule has 0 amide bonds. The molecule has 236 valence electrons. The molecule has 0 N–H and O–H groups in total. The molecule has 0 aliphatic heterocycles. The van der Waals surface area contributed by atoms with E-state index in [1.807, 2.05) is 38.1 Å². The summed E-state index contributed by atoms with van der Waals surface area (Å²) in [5.41, 5.74) is 10.6. The van der Waals surface area contributed by atoms with Crippen LogP contribution in [0.3, 0.4) is 0 Å². The third-order valence-electron chi connectivity index (χ3n) is 8.89. The number of hydrogen-bond acceptors (Lipinski definition) is 2. The maximum atomic E-state index is 15.4. The van der Waals surface area contributed by atoms with Crippen LogP contribution in [0.25, 0.3) is 44.8 Å². The Bertz CT molecular complexity index is 1980. The van der Waals surface area contributed by atoms with Crippen molar-refractivity contribution < 1.29 is 8.78 Å². The minimum Gasteiger partial charge on any atom is -0.252 e. The van der Waals surface area contributed by atoms with Crippen LogP contribution in [0.2, 0.25) is 10.0 Å². The second kappa shape index (κ2) is 12.7.